The van der Waals surface area contributed by atoms with Crippen molar-refractivity contribution in [3.63, 3.8) is 0 Å². The summed E-state index contributed by atoms with van der Waals surface area (Å²) in [7, 11) is 0. The molecule has 0 fully saturated rings. The average Bonchev–Trinajstić information content (AvgIpc) is 2.15. The van der Waals surface area contributed by atoms with E-state index in [1.165, 1.54) is 18.2 Å². The number of benzene rings is 1. The molecule has 0 aliphatic heterocycles. The molecule has 0 radical (unpaired) electrons. The van der Waals surface area contributed by atoms with E-state index < -0.39 is 17.3 Å². The molecule has 1 aromatic rings. The number of carbonyl (C=O) groups is 1. The number of aliphatic hydroxyl groups excluding tert-OH is 1. The molecule has 0 atom stereocenters. The summed E-state index contributed by atoms with van der Waals surface area (Å²) in [6.07, 6.45) is 0.380. The number of rotatable bonds is 4. The van der Waals surface area contributed by atoms with Crippen LogP contribution in [-0.2, 0) is 0 Å². The van der Waals surface area contributed by atoms with Crippen molar-refractivity contribution in [1.29, 1.82) is 0 Å². The summed E-state index contributed by atoms with van der Waals surface area (Å²) in [6.45, 7) is 3.43. The fourth-order valence-electron chi connectivity index (χ4n) is 1.43. The van der Waals surface area contributed by atoms with Gasteiger partial charge in [-0.15, -0.1) is 0 Å². The van der Waals surface area contributed by atoms with Crippen LogP contribution in [0.3, 0.4) is 0 Å². The second kappa shape index (κ2) is 5.47. The molecule has 94 valence electrons. The van der Waals surface area contributed by atoms with Crippen molar-refractivity contribution in [2.75, 3.05) is 6.61 Å². The fraction of sp³-hybridized carbons (Fsp3) is 0.417. The Balaban J connectivity index is 2.91. The Kier molecular flexibility index (Phi) is 4.48. The maximum absolute atomic E-state index is 13.5. The molecule has 17 heavy (non-hydrogen) atoms. The van der Waals surface area contributed by atoms with E-state index in [0.717, 1.165) is 0 Å². The number of halogens is 2. The lowest BCUT2D eigenvalue weighted by molar-refractivity contribution is 0.0895. The van der Waals surface area contributed by atoms with Crippen molar-refractivity contribution in [2.45, 2.75) is 25.8 Å². The first-order chi connectivity index (χ1) is 7.87. The molecule has 2 N–H and O–H groups in total. The Morgan fingerprint density at radius 1 is 1.53 bits per heavy atom. The molecule has 0 saturated heterocycles. The molecule has 3 nitrogen and oxygen atoms in total. The molecule has 0 saturated carbocycles. The molecule has 1 aromatic carbocycles. The van der Waals surface area contributed by atoms with Crippen molar-refractivity contribution in [1.82, 2.24) is 5.32 Å². The first-order valence-corrected chi connectivity index (χ1v) is 5.62. The van der Waals surface area contributed by atoms with Crippen LogP contribution in [0, 0.1) is 5.82 Å². The number of nitrogens with one attached hydrogen (secondary N) is 1. The highest BCUT2D eigenvalue weighted by Crippen LogP contribution is 2.20. The van der Waals surface area contributed by atoms with Crippen LogP contribution < -0.4 is 5.32 Å². The molecule has 5 heteroatoms. The Bertz CT molecular complexity index is 401. The lowest BCUT2D eigenvalue weighted by Crippen LogP contribution is -2.44. The van der Waals surface area contributed by atoms with E-state index in [4.69, 9.17) is 16.7 Å². The van der Waals surface area contributed by atoms with Gasteiger partial charge in [-0.2, -0.15) is 0 Å². The van der Waals surface area contributed by atoms with Crippen molar-refractivity contribution in [3.8, 4) is 0 Å². The highest BCUT2D eigenvalue weighted by Gasteiger charge is 2.23. The molecule has 0 bridgehead atoms. The molecular formula is C12H15ClFNO2. The summed E-state index contributed by atoms with van der Waals surface area (Å²) in [5.74, 6) is -1.23. The van der Waals surface area contributed by atoms with Gasteiger partial charge in [0.2, 0.25) is 0 Å². The molecule has 0 aliphatic carbocycles. The maximum atomic E-state index is 13.5. The molecule has 0 aliphatic rings. The third-order valence-corrected chi connectivity index (χ3v) is 2.69. The predicted octanol–water partition coefficient (Wildman–Crippen LogP) is 2.37. The van der Waals surface area contributed by atoms with Gasteiger partial charge in [-0.05, 0) is 32.4 Å². The zero-order valence-corrected chi connectivity index (χ0v) is 10.5. The monoisotopic (exact) mass is 259 g/mol. The summed E-state index contributed by atoms with van der Waals surface area (Å²) in [6, 6.07) is 4.08. The van der Waals surface area contributed by atoms with Crippen LogP contribution in [0.5, 0.6) is 0 Å². The SMILES string of the molecule is CC(C)(CCO)NC(=O)c1c(F)cccc1Cl. The van der Waals surface area contributed by atoms with Crippen LogP contribution in [0.25, 0.3) is 0 Å². The van der Waals surface area contributed by atoms with Gasteiger partial charge in [-0.3, -0.25) is 4.79 Å². The van der Waals surface area contributed by atoms with Gasteiger partial charge in [0.1, 0.15) is 5.82 Å². The van der Waals surface area contributed by atoms with Gasteiger partial charge in [0, 0.05) is 12.1 Å². The second-order valence-electron chi connectivity index (χ2n) is 4.41. The number of hydrogen-bond donors (Lipinski definition) is 2. The Morgan fingerprint density at radius 3 is 2.71 bits per heavy atom. The molecular weight excluding hydrogens is 245 g/mol. The quantitative estimate of drug-likeness (QED) is 0.872. The van der Waals surface area contributed by atoms with Gasteiger partial charge in [0.05, 0.1) is 10.6 Å². The minimum Gasteiger partial charge on any atom is -0.396 e. The highest BCUT2D eigenvalue weighted by atomic mass is 35.5. The lowest BCUT2D eigenvalue weighted by Gasteiger charge is -2.25. The van der Waals surface area contributed by atoms with E-state index in [2.05, 4.69) is 5.32 Å². The van der Waals surface area contributed by atoms with Crippen LogP contribution in [0.4, 0.5) is 4.39 Å². The third kappa shape index (κ3) is 3.68. The lowest BCUT2D eigenvalue weighted by atomic mass is 10.0. The standard InChI is InChI=1S/C12H15ClFNO2/c1-12(2,6-7-16)15-11(17)10-8(13)4-3-5-9(10)14/h3-5,16H,6-7H2,1-2H3,(H,15,17). The Morgan fingerprint density at radius 2 is 2.18 bits per heavy atom. The van der Waals surface area contributed by atoms with Gasteiger partial charge in [0.25, 0.3) is 5.91 Å². The van der Waals surface area contributed by atoms with Gasteiger partial charge in [0.15, 0.2) is 0 Å². The van der Waals surface area contributed by atoms with Crippen LogP contribution in [0.2, 0.25) is 5.02 Å². The predicted molar refractivity (Wildman–Crippen MR) is 64.7 cm³/mol. The van der Waals surface area contributed by atoms with Crippen molar-refractivity contribution >= 4 is 17.5 Å². The van der Waals surface area contributed by atoms with E-state index in [-0.39, 0.29) is 17.2 Å². The summed E-state index contributed by atoms with van der Waals surface area (Å²) in [5, 5.41) is 11.5. The molecule has 1 amide bonds. The van der Waals surface area contributed by atoms with Crippen LogP contribution in [0.1, 0.15) is 30.6 Å². The normalized spacial score (nSPS) is 11.4. The first kappa shape index (κ1) is 13.9. The molecule has 0 spiro atoms. The van der Waals surface area contributed by atoms with Crippen LogP contribution in [-0.4, -0.2) is 23.2 Å². The van der Waals surface area contributed by atoms with Gasteiger partial charge in [-0.25, -0.2) is 4.39 Å². The van der Waals surface area contributed by atoms with E-state index in [1.54, 1.807) is 13.8 Å². The van der Waals surface area contributed by atoms with Gasteiger partial charge >= 0.3 is 0 Å². The summed E-state index contributed by atoms with van der Waals surface area (Å²) >= 11 is 5.78. The summed E-state index contributed by atoms with van der Waals surface area (Å²) in [4.78, 5) is 11.9. The zero-order valence-electron chi connectivity index (χ0n) is 9.76. The van der Waals surface area contributed by atoms with Crippen molar-refractivity contribution in [2.24, 2.45) is 0 Å². The van der Waals surface area contributed by atoms with Crippen LogP contribution in [0.15, 0.2) is 18.2 Å². The van der Waals surface area contributed by atoms with E-state index in [1.807, 2.05) is 0 Å². The largest absolute Gasteiger partial charge is 0.396 e. The maximum Gasteiger partial charge on any atom is 0.256 e. The number of aliphatic hydroxyl groups is 1. The Labute approximate surface area is 105 Å². The van der Waals surface area contributed by atoms with Crippen molar-refractivity contribution in [3.05, 3.63) is 34.6 Å². The Hall–Kier alpha value is -1.13. The van der Waals surface area contributed by atoms with E-state index >= 15 is 0 Å². The highest BCUT2D eigenvalue weighted by molar-refractivity contribution is 6.33. The van der Waals surface area contributed by atoms with Crippen LogP contribution >= 0.6 is 11.6 Å². The second-order valence-corrected chi connectivity index (χ2v) is 4.82. The number of amides is 1. The molecule has 1 rings (SSSR count). The van der Waals surface area contributed by atoms with Crippen molar-refractivity contribution < 1.29 is 14.3 Å². The first-order valence-electron chi connectivity index (χ1n) is 5.25. The molecule has 0 heterocycles. The third-order valence-electron chi connectivity index (χ3n) is 2.38. The average molecular weight is 260 g/mol. The molecule has 0 unspecified atom stereocenters. The summed E-state index contributed by atoms with van der Waals surface area (Å²) in [5.41, 5.74) is -0.780. The van der Waals surface area contributed by atoms with Gasteiger partial charge in [-0.1, -0.05) is 17.7 Å². The number of carbonyl (C=O) groups excluding carboxylic acids is 1. The topological polar surface area (TPSA) is 49.3 Å². The minimum atomic E-state index is -0.658. The number of hydrogen-bond acceptors (Lipinski definition) is 2. The molecule has 0 aromatic heterocycles. The zero-order chi connectivity index (χ0) is 13.1. The minimum absolute atomic E-state index is 0.0573. The fourth-order valence-corrected chi connectivity index (χ4v) is 1.68. The van der Waals surface area contributed by atoms with E-state index in [0.29, 0.717) is 6.42 Å². The van der Waals surface area contributed by atoms with E-state index in [9.17, 15) is 9.18 Å². The smallest absolute Gasteiger partial charge is 0.256 e. The van der Waals surface area contributed by atoms with Gasteiger partial charge < -0.3 is 10.4 Å². The summed E-state index contributed by atoms with van der Waals surface area (Å²) < 4.78 is 13.5.